The number of halogens is 1. The first-order valence-corrected chi connectivity index (χ1v) is 7.70. The van der Waals surface area contributed by atoms with Gasteiger partial charge >= 0.3 is 0 Å². The third kappa shape index (κ3) is 5.51. The van der Waals surface area contributed by atoms with Crippen LogP contribution in [-0.4, -0.2) is 26.9 Å². The van der Waals surface area contributed by atoms with Crippen molar-refractivity contribution in [1.29, 1.82) is 0 Å². The molecule has 106 valence electrons. The molecule has 1 fully saturated rings. The predicted octanol–water partition coefficient (Wildman–Crippen LogP) is 3.36. The largest absolute Gasteiger partial charge is 0.493 e. The first-order valence-electron chi connectivity index (χ1n) is 6.90. The van der Waals surface area contributed by atoms with E-state index >= 15 is 0 Å². The third-order valence-electron chi connectivity index (χ3n) is 3.30. The lowest BCUT2D eigenvalue weighted by Crippen LogP contribution is -2.19. The lowest BCUT2D eigenvalue weighted by Gasteiger charge is -2.12. The molecule has 1 aliphatic carbocycles. The van der Waals surface area contributed by atoms with Gasteiger partial charge in [-0.25, -0.2) is 0 Å². The van der Waals surface area contributed by atoms with E-state index in [0.717, 1.165) is 42.4 Å². The fourth-order valence-electron chi connectivity index (χ4n) is 1.97. The highest BCUT2D eigenvalue weighted by molar-refractivity contribution is 9.10. The summed E-state index contributed by atoms with van der Waals surface area (Å²) < 4.78 is 12.0. The van der Waals surface area contributed by atoms with Crippen molar-refractivity contribution in [3.05, 3.63) is 28.2 Å². The summed E-state index contributed by atoms with van der Waals surface area (Å²) in [5.41, 5.74) is 1.20. The molecular formula is C15H22BrNO2. The van der Waals surface area contributed by atoms with Crippen LogP contribution >= 0.6 is 15.9 Å². The minimum Gasteiger partial charge on any atom is -0.493 e. The molecule has 19 heavy (non-hydrogen) atoms. The minimum absolute atomic E-state index is 0.728. The maximum absolute atomic E-state index is 5.91. The molecule has 4 heteroatoms. The van der Waals surface area contributed by atoms with E-state index in [0.29, 0.717) is 0 Å². The number of rotatable bonds is 9. The summed E-state index contributed by atoms with van der Waals surface area (Å²) in [4.78, 5) is 0. The lowest BCUT2D eigenvalue weighted by atomic mass is 10.2. The molecule has 0 atom stereocenters. The fraction of sp³-hybridized carbons (Fsp3) is 0.600. The van der Waals surface area contributed by atoms with Crippen LogP contribution in [0.3, 0.4) is 0 Å². The Labute approximate surface area is 123 Å². The number of benzene rings is 1. The Hall–Kier alpha value is -0.580. The monoisotopic (exact) mass is 327 g/mol. The van der Waals surface area contributed by atoms with E-state index in [1.165, 1.54) is 24.8 Å². The van der Waals surface area contributed by atoms with Crippen LogP contribution in [0.2, 0.25) is 0 Å². The van der Waals surface area contributed by atoms with Gasteiger partial charge in [0.15, 0.2) is 0 Å². The van der Waals surface area contributed by atoms with Crippen LogP contribution in [0, 0.1) is 5.92 Å². The summed E-state index contributed by atoms with van der Waals surface area (Å²) in [5, 5.41) is 3.36. The second-order valence-electron chi connectivity index (χ2n) is 5.00. The SMILES string of the molecule is COCCNCc1cc(Br)ccc1OCCC1CC1. The van der Waals surface area contributed by atoms with Gasteiger partial charge < -0.3 is 14.8 Å². The van der Waals surface area contributed by atoms with Gasteiger partial charge in [-0.2, -0.15) is 0 Å². The number of methoxy groups -OCH3 is 1. The predicted molar refractivity (Wildman–Crippen MR) is 80.6 cm³/mol. The van der Waals surface area contributed by atoms with Crippen LogP contribution in [0.4, 0.5) is 0 Å². The van der Waals surface area contributed by atoms with E-state index in [-0.39, 0.29) is 0 Å². The second-order valence-corrected chi connectivity index (χ2v) is 5.92. The highest BCUT2D eigenvalue weighted by Gasteiger charge is 2.20. The van der Waals surface area contributed by atoms with Crippen LogP contribution < -0.4 is 10.1 Å². The van der Waals surface area contributed by atoms with Crippen LogP contribution in [0.1, 0.15) is 24.8 Å². The van der Waals surface area contributed by atoms with E-state index in [9.17, 15) is 0 Å². The van der Waals surface area contributed by atoms with E-state index in [1.54, 1.807) is 7.11 Å². The quantitative estimate of drug-likeness (QED) is 0.705. The van der Waals surface area contributed by atoms with Gasteiger partial charge in [0, 0.05) is 30.2 Å². The van der Waals surface area contributed by atoms with Gasteiger partial charge in [0.25, 0.3) is 0 Å². The van der Waals surface area contributed by atoms with Gasteiger partial charge in [-0.1, -0.05) is 28.8 Å². The molecule has 0 spiro atoms. The molecular weight excluding hydrogens is 306 g/mol. The summed E-state index contributed by atoms with van der Waals surface area (Å²) in [6.07, 6.45) is 3.96. The molecule has 0 radical (unpaired) electrons. The molecule has 1 N–H and O–H groups in total. The van der Waals surface area contributed by atoms with Crippen molar-refractivity contribution in [2.75, 3.05) is 26.9 Å². The van der Waals surface area contributed by atoms with Crippen LogP contribution in [0.5, 0.6) is 5.75 Å². The first kappa shape index (κ1) is 14.8. The topological polar surface area (TPSA) is 30.5 Å². The smallest absolute Gasteiger partial charge is 0.123 e. The maximum atomic E-state index is 5.91. The van der Waals surface area contributed by atoms with Crippen molar-refractivity contribution in [2.45, 2.75) is 25.8 Å². The van der Waals surface area contributed by atoms with E-state index in [4.69, 9.17) is 9.47 Å². The van der Waals surface area contributed by atoms with Gasteiger partial charge in [-0.05, 0) is 30.5 Å². The molecule has 1 saturated carbocycles. The highest BCUT2D eigenvalue weighted by atomic mass is 79.9. The zero-order valence-electron chi connectivity index (χ0n) is 11.5. The average molecular weight is 328 g/mol. The summed E-state index contributed by atoms with van der Waals surface area (Å²) >= 11 is 3.51. The van der Waals surface area contributed by atoms with Gasteiger partial charge in [0.2, 0.25) is 0 Å². The van der Waals surface area contributed by atoms with Gasteiger partial charge in [0.05, 0.1) is 13.2 Å². The Morgan fingerprint density at radius 2 is 2.16 bits per heavy atom. The molecule has 0 heterocycles. The molecule has 0 saturated heterocycles. The molecule has 1 aromatic carbocycles. The normalized spacial score (nSPS) is 14.6. The number of hydrogen-bond acceptors (Lipinski definition) is 3. The van der Waals surface area contributed by atoms with Crippen LogP contribution in [-0.2, 0) is 11.3 Å². The van der Waals surface area contributed by atoms with Crippen molar-refractivity contribution in [3.63, 3.8) is 0 Å². The fourth-order valence-corrected chi connectivity index (χ4v) is 2.37. The molecule has 0 aliphatic heterocycles. The van der Waals surface area contributed by atoms with Crippen LogP contribution in [0.25, 0.3) is 0 Å². The van der Waals surface area contributed by atoms with Crippen molar-refractivity contribution >= 4 is 15.9 Å². The standard InChI is InChI=1S/C15H22BrNO2/c1-18-9-7-17-11-13-10-14(16)4-5-15(13)19-8-6-12-2-3-12/h4-5,10,12,17H,2-3,6-9,11H2,1H3. The Balaban J connectivity index is 1.83. The van der Waals surface area contributed by atoms with E-state index in [2.05, 4.69) is 27.3 Å². The molecule has 0 bridgehead atoms. The lowest BCUT2D eigenvalue weighted by molar-refractivity contribution is 0.199. The molecule has 1 aliphatic rings. The molecule has 0 unspecified atom stereocenters. The van der Waals surface area contributed by atoms with Gasteiger partial charge in [-0.15, -0.1) is 0 Å². The third-order valence-corrected chi connectivity index (χ3v) is 3.79. The molecule has 2 rings (SSSR count). The molecule has 1 aromatic rings. The first-order chi connectivity index (χ1) is 9.29. The Morgan fingerprint density at radius 3 is 2.89 bits per heavy atom. The molecule has 3 nitrogen and oxygen atoms in total. The van der Waals surface area contributed by atoms with Gasteiger partial charge in [-0.3, -0.25) is 0 Å². The Bertz CT molecular complexity index is 394. The van der Waals surface area contributed by atoms with E-state index in [1.807, 2.05) is 12.1 Å². The van der Waals surface area contributed by atoms with E-state index < -0.39 is 0 Å². The van der Waals surface area contributed by atoms with Crippen molar-refractivity contribution in [3.8, 4) is 5.75 Å². The Kier molecular flexibility index (Phi) is 6.14. The summed E-state index contributed by atoms with van der Waals surface area (Å²) in [5.74, 6) is 1.91. The second kappa shape index (κ2) is 7.88. The average Bonchev–Trinajstić information content (AvgIpc) is 3.21. The molecule has 0 aromatic heterocycles. The number of ether oxygens (including phenoxy) is 2. The number of nitrogens with one attached hydrogen (secondary N) is 1. The Morgan fingerprint density at radius 1 is 1.32 bits per heavy atom. The summed E-state index contributed by atoms with van der Waals surface area (Å²) in [6, 6.07) is 6.20. The zero-order valence-corrected chi connectivity index (χ0v) is 13.0. The van der Waals surface area contributed by atoms with Crippen molar-refractivity contribution < 1.29 is 9.47 Å². The minimum atomic E-state index is 0.728. The summed E-state index contributed by atoms with van der Waals surface area (Å²) in [6.45, 7) is 3.22. The molecule has 0 amide bonds. The maximum Gasteiger partial charge on any atom is 0.123 e. The number of hydrogen-bond donors (Lipinski definition) is 1. The van der Waals surface area contributed by atoms with Crippen molar-refractivity contribution in [2.24, 2.45) is 5.92 Å². The summed E-state index contributed by atoms with van der Waals surface area (Å²) in [7, 11) is 1.72. The van der Waals surface area contributed by atoms with Crippen LogP contribution in [0.15, 0.2) is 22.7 Å². The van der Waals surface area contributed by atoms with Crippen molar-refractivity contribution in [1.82, 2.24) is 5.32 Å². The van der Waals surface area contributed by atoms with Gasteiger partial charge in [0.1, 0.15) is 5.75 Å². The zero-order chi connectivity index (χ0) is 13.5. The highest BCUT2D eigenvalue weighted by Crippen LogP contribution is 2.32.